The molecular weight excluding hydrogens is 202 g/mol. The Morgan fingerprint density at radius 2 is 2.25 bits per heavy atom. The maximum atomic E-state index is 10.9. The van der Waals surface area contributed by atoms with Crippen molar-refractivity contribution in [3.8, 4) is 0 Å². The minimum absolute atomic E-state index is 0.425. The van der Waals surface area contributed by atoms with E-state index >= 15 is 0 Å². The van der Waals surface area contributed by atoms with Crippen LogP contribution in [0.2, 0.25) is 0 Å². The number of carbonyl (C=O) groups is 1. The van der Waals surface area contributed by atoms with Gasteiger partial charge in [-0.25, -0.2) is 4.79 Å². The Kier molecular flexibility index (Phi) is 2.77. The van der Waals surface area contributed by atoms with Crippen LogP contribution in [0.15, 0.2) is 36.0 Å². The fourth-order valence-corrected chi connectivity index (χ4v) is 1.74. The molecule has 16 heavy (non-hydrogen) atoms. The number of carboxylic acid groups (broad SMARTS) is 1. The number of hydrogen-bond donors (Lipinski definition) is 2. The van der Waals surface area contributed by atoms with Crippen molar-refractivity contribution in [1.82, 2.24) is 4.98 Å². The molecule has 1 heterocycles. The van der Waals surface area contributed by atoms with Crippen molar-refractivity contribution in [2.45, 2.75) is 13.3 Å². The summed E-state index contributed by atoms with van der Waals surface area (Å²) in [5.41, 5.74) is 2.39. The number of aliphatic carboxylic acids is 1. The van der Waals surface area contributed by atoms with Crippen LogP contribution >= 0.6 is 0 Å². The van der Waals surface area contributed by atoms with E-state index in [4.69, 9.17) is 5.11 Å². The number of nitrogens with one attached hydrogen (secondary N) is 1. The van der Waals surface area contributed by atoms with Gasteiger partial charge in [-0.1, -0.05) is 19.1 Å². The summed E-state index contributed by atoms with van der Waals surface area (Å²) in [4.78, 5) is 14.0. The summed E-state index contributed by atoms with van der Waals surface area (Å²) in [6.07, 6.45) is 4.11. The molecule has 0 amide bonds. The number of aromatic amines is 1. The smallest absolute Gasteiger partial charge is 0.331 e. The highest BCUT2D eigenvalue weighted by Crippen LogP contribution is 2.20. The fraction of sp³-hybridized carbons (Fsp3) is 0.154. The van der Waals surface area contributed by atoms with E-state index in [1.165, 1.54) is 0 Å². The van der Waals surface area contributed by atoms with E-state index in [9.17, 15) is 4.79 Å². The molecule has 1 aromatic heterocycles. The molecule has 2 N–H and O–H groups in total. The highest BCUT2D eigenvalue weighted by molar-refractivity contribution is 5.96. The van der Waals surface area contributed by atoms with Crippen molar-refractivity contribution in [2.24, 2.45) is 0 Å². The van der Waals surface area contributed by atoms with Crippen LogP contribution in [0.3, 0.4) is 0 Å². The van der Waals surface area contributed by atoms with Crippen molar-refractivity contribution in [2.75, 3.05) is 0 Å². The van der Waals surface area contributed by atoms with E-state index in [0.717, 1.165) is 16.5 Å². The van der Waals surface area contributed by atoms with Crippen LogP contribution < -0.4 is 0 Å². The summed E-state index contributed by atoms with van der Waals surface area (Å²) in [5, 5.41) is 10.0. The molecule has 2 rings (SSSR count). The predicted molar refractivity (Wildman–Crippen MR) is 64.2 cm³/mol. The van der Waals surface area contributed by atoms with Gasteiger partial charge in [0.25, 0.3) is 0 Å². The highest BCUT2D eigenvalue weighted by Gasteiger charge is 2.06. The van der Waals surface area contributed by atoms with Crippen LogP contribution in [0.4, 0.5) is 0 Å². The second kappa shape index (κ2) is 4.23. The average Bonchev–Trinajstić information content (AvgIpc) is 2.73. The molecule has 0 bridgehead atoms. The topological polar surface area (TPSA) is 53.1 Å². The van der Waals surface area contributed by atoms with Crippen molar-refractivity contribution in [1.29, 1.82) is 0 Å². The molecule has 0 spiro atoms. The number of H-pyrrole nitrogens is 1. The molecule has 3 heteroatoms. The minimum atomic E-state index is -0.852. The summed E-state index contributed by atoms with van der Waals surface area (Å²) in [6.45, 7) is 1.84. The lowest BCUT2D eigenvalue weighted by Crippen LogP contribution is -1.98. The average molecular weight is 215 g/mol. The molecule has 0 radical (unpaired) electrons. The molecule has 0 aliphatic carbocycles. The molecule has 0 aliphatic rings. The third-order valence-corrected chi connectivity index (χ3v) is 2.61. The van der Waals surface area contributed by atoms with Crippen LogP contribution in [-0.4, -0.2) is 16.1 Å². The lowest BCUT2D eigenvalue weighted by Gasteiger charge is -2.00. The quantitative estimate of drug-likeness (QED) is 0.773. The Labute approximate surface area is 93.4 Å². The van der Waals surface area contributed by atoms with Crippen LogP contribution in [0, 0.1) is 0 Å². The second-order valence-electron chi connectivity index (χ2n) is 3.61. The fourth-order valence-electron chi connectivity index (χ4n) is 1.74. The summed E-state index contributed by atoms with van der Waals surface area (Å²) in [6, 6.07) is 7.77. The van der Waals surface area contributed by atoms with Gasteiger partial charge in [0.1, 0.15) is 0 Å². The Bertz CT molecular complexity index is 552. The highest BCUT2D eigenvalue weighted by atomic mass is 16.4. The molecule has 0 aliphatic heterocycles. The second-order valence-corrected chi connectivity index (χ2v) is 3.61. The minimum Gasteiger partial charge on any atom is -0.478 e. The third kappa shape index (κ3) is 1.84. The van der Waals surface area contributed by atoms with Gasteiger partial charge < -0.3 is 10.1 Å². The van der Waals surface area contributed by atoms with E-state index in [1.54, 1.807) is 6.08 Å². The lowest BCUT2D eigenvalue weighted by atomic mass is 10.1. The summed E-state index contributed by atoms with van der Waals surface area (Å²) >= 11 is 0. The zero-order valence-corrected chi connectivity index (χ0v) is 9.03. The first-order chi connectivity index (χ1) is 7.72. The molecule has 3 nitrogen and oxygen atoms in total. The standard InChI is InChI=1S/C13H13NO2/c1-2-9(13(15)16)8-10-4-3-5-12-11(10)6-7-14-12/h3-8,14H,2H2,1H3,(H,15,16)/b9-8+. The van der Waals surface area contributed by atoms with Crippen LogP contribution in [0.1, 0.15) is 18.9 Å². The monoisotopic (exact) mass is 215 g/mol. The number of hydrogen-bond acceptors (Lipinski definition) is 1. The zero-order chi connectivity index (χ0) is 11.5. The Morgan fingerprint density at radius 3 is 2.94 bits per heavy atom. The van der Waals surface area contributed by atoms with Gasteiger partial charge in [-0.15, -0.1) is 0 Å². The Morgan fingerprint density at radius 1 is 1.44 bits per heavy atom. The van der Waals surface area contributed by atoms with E-state index in [-0.39, 0.29) is 0 Å². The SMILES string of the molecule is CC/C(=C\c1cccc2[nH]ccc12)C(=O)O. The summed E-state index contributed by atoms with van der Waals surface area (Å²) in [7, 11) is 0. The van der Waals surface area contributed by atoms with E-state index in [0.29, 0.717) is 12.0 Å². The van der Waals surface area contributed by atoms with Gasteiger partial charge in [-0.3, -0.25) is 0 Å². The van der Waals surface area contributed by atoms with Gasteiger partial charge in [0.2, 0.25) is 0 Å². The van der Waals surface area contributed by atoms with Gasteiger partial charge >= 0.3 is 5.97 Å². The molecule has 2 aromatic rings. The van der Waals surface area contributed by atoms with Gasteiger partial charge in [0, 0.05) is 22.7 Å². The van der Waals surface area contributed by atoms with Crippen molar-refractivity contribution < 1.29 is 9.90 Å². The molecule has 82 valence electrons. The van der Waals surface area contributed by atoms with Gasteiger partial charge in [-0.2, -0.15) is 0 Å². The molecule has 0 saturated heterocycles. The summed E-state index contributed by atoms with van der Waals surface area (Å²) in [5.74, 6) is -0.852. The number of carboxylic acids is 1. The summed E-state index contributed by atoms with van der Waals surface area (Å²) < 4.78 is 0. The van der Waals surface area contributed by atoms with Crippen molar-refractivity contribution in [3.63, 3.8) is 0 Å². The first kappa shape index (κ1) is 10.5. The Balaban J connectivity index is 2.55. The largest absolute Gasteiger partial charge is 0.478 e. The maximum Gasteiger partial charge on any atom is 0.331 e. The van der Waals surface area contributed by atoms with Crippen molar-refractivity contribution >= 4 is 22.9 Å². The molecule has 0 saturated carbocycles. The number of benzene rings is 1. The van der Waals surface area contributed by atoms with Gasteiger partial charge in [0.15, 0.2) is 0 Å². The number of fused-ring (bicyclic) bond motifs is 1. The lowest BCUT2D eigenvalue weighted by molar-refractivity contribution is -0.132. The predicted octanol–water partition coefficient (Wildman–Crippen LogP) is 3.05. The molecule has 1 aromatic carbocycles. The molecule has 0 unspecified atom stereocenters. The first-order valence-electron chi connectivity index (χ1n) is 5.22. The first-order valence-corrected chi connectivity index (χ1v) is 5.22. The molecule has 0 atom stereocenters. The van der Waals surface area contributed by atoms with E-state index < -0.39 is 5.97 Å². The maximum absolute atomic E-state index is 10.9. The normalized spacial score (nSPS) is 11.9. The third-order valence-electron chi connectivity index (χ3n) is 2.61. The van der Waals surface area contributed by atoms with Gasteiger partial charge in [-0.05, 0) is 30.2 Å². The van der Waals surface area contributed by atoms with Crippen LogP contribution in [0.5, 0.6) is 0 Å². The van der Waals surface area contributed by atoms with Crippen LogP contribution in [0.25, 0.3) is 17.0 Å². The molecular formula is C13H13NO2. The van der Waals surface area contributed by atoms with E-state index in [2.05, 4.69) is 4.98 Å². The molecule has 0 fully saturated rings. The zero-order valence-electron chi connectivity index (χ0n) is 9.03. The van der Waals surface area contributed by atoms with Crippen LogP contribution in [-0.2, 0) is 4.79 Å². The Hall–Kier alpha value is -2.03. The van der Waals surface area contributed by atoms with Gasteiger partial charge in [0.05, 0.1) is 0 Å². The number of aromatic nitrogens is 1. The number of rotatable bonds is 3. The van der Waals surface area contributed by atoms with Crippen molar-refractivity contribution in [3.05, 3.63) is 41.6 Å². The van der Waals surface area contributed by atoms with E-state index in [1.807, 2.05) is 37.4 Å².